The third-order valence-corrected chi connectivity index (χ3v) is 2.99. The van der Waals surface area contributed by atoms with Crippen LogP contribution in [0.4, 0.5) is 0 Å². The van der Waals surface area contributed by atoms with Crippen molar-refractivity contribution in [2.75, 3.05) is 0 Å². The molecule has 84 valence electrons. The van der Waals surface area contributed by atoms with Crippen molar-refractivity contribution in [3.05, 3.63) is 47.0 Å². The van der Waals surface area contributed by atoms with Crippen LogP contribution in [-0.2, 0) is 13.2 Å². The van der Waals surface area contributed by atoms with Crippen molar-refractivity contribution in [3.8, 4) is 5.75 Å². The third-order valence-electron chi connectivity index (χ3n) is 2.34. The molecule has 3 nitrogen and oxygen atoms in total. The molecule has 1 heterocycles. The monoisotopic (exact) mass is 280 g/mol. The molecule has 4 heteroatoms. The molecule has 0 N–H and O–H groups in total. The molecule has 1 aromatic heterocycles. The Labute approximate surface area is 103 Å². The minimum Gasteiger partial charge on any atom is -0.485 e. The minimum absolute atomic E-state index is 0.490. The SMILES string of the molecule is CCn1ccnc1COc1ccccc1Br. The smallest absolute Gasteiger partial charge is 0.146 e. The molecule has 16 heavy (non-hydrogen) atoms. The molecule has 0 amide bonds. The van der Waals surface area contributed by atoms with E-state index in [1.54, 1.807) is 6.20 Å². The molecular formula is C12H13BrN2O. The van der Waals surface area contributed by atoms with Crippen LogP contribution in [0.2, 0.25) is 0 Å². The average Bonchev–Trinajstić information content (AvgIpc) is 2.75. The van der Waals surface area contributed by atoms with Crippen molar-refractivity contribution >= 4 is 15.9 Å². The van der Waals surface area contributed by atoms with Crippen LogP contribution in [-0.4, -0.2) is 9.55 Å². The highest BCUT2D eigenvalue weighted by Crippen LogP contribution is 2.24. The van der Waals surface area contributed by atoms with Gasteiger partial charge in [0.15, 0.2) is 0 Å². The van der Waals surface area contributed by atoms with Gasteiger partial charge in [-0.1, -0.05) is 12.1 Å². The molecule has 0 atom stereocenters. The largest absolute Gasteiger partial charge is 0.485 e. The van der Waals surface area contributed by atoms with Gasteiger partial charge in [0.1, 0.15) is 18.2 Å². The van der Waals surface area contributed by atoms with Gasteiger partial charge in [-0.15, -0.1) is 0 Å². The van der Waals surface area contributed by atoms with Crippen molar-refractivity contribution < 1.29 is 4.74 Å². The number of aromatic nitrogens is 2. The Morgan fingerprint density at radius 3 is 2.94 bits per heavy atom. The van der Waals surface area contributed by atoms with Crippen molar-refractivity contribution in [3.63, 3.8) is 0 Å². The maximum Gasteiger partial charge on any atom is 0.146 e. The Hall–Kier alpha value is -1.29. The Bertz CT molecular complexity index is 468. The van der Waals surface area contributed by atoms with Gasteiger partial charge in [-0.3, -0.25) is 0 Å². The van der Waals surface area contributed by atoms with E-state index in [1.165, 1.54) is 0 Å². The summed E-state index contributed by atoms with van der Waals surface area (Å²) < 4.78 is 8.72. The Morgan fingerprint density at radius 2 is 2.19 bits per heavy atom. The number of halogens is 1. The summed E-state index contributed by atoms with van der Waals surface area (Å²) in [6.07, 6.45) is 3.75. The number of rotatable bonds is 4. The van der Waals surface area contributed by atoms with Gasteiger partial charge in [-0.05, 0) is 35.0 Å². The summed E-state index contributed by atoms with van der Waals surface area (Å²) in [7, 11) is 0. The number of nitrogens with zero attached hydrogens (tertiary/aromatic N) is 2. The number of aryl methyl sites for hydroxylation is 1. The second kappa shape index (κ2) is 5.16. The van der Waals surface area contributed by atoms with Crippen LogP contribution in [0.15, 0.2) is 41.1 Å². The first-order valence-electron chi connectivity index (χ1n) is 5.18. The highest BCUT2D eigenvalue weighted by atomic mass is 79.9. The first-order chi connectivity index (χ1) is 7.81. The van der Waals surface area contributed by atoms with E-state index in [0.717, 1.165) is 22.6 Å². The van der Waals surface area contributed by atoms with E-state index in [0.29, 0.717) is 6.61 Å². The van der Waals surface area contributed by atoms with E-state index in [1.807, 2.05) is 30.5 Å². The molecule has 0 fully saturated rings. The van der Waals surface area contributed by atoms with Gasteiger partial charge in [0, 0.05) is 18.9 Å². The molecule has 2 rings (SSSR count). The first-order valence-corrected chi connectivity index (χ1v) is 5.98. The Balaban J connectivity index is 2.05. The average molecular weight is 281 g/mol. The van der Waals surface area contributed by atoms with E-state index >= 15 is 0 Å². The fraction of sp³-hybridized carbons (Fsp3) is 0.250. The van der Waals surface area contributed by atoms with Gasteiger partial charge in [0.05, 0.1) is 4.47 Å². The van der Waals surface area contributed by atoms with Crippen molar-refractivity contribution in [2.45, 2.75) is 20.1 Å². The molecule has 0 spiro atoms. The van der Waals surface area contributed by atoms with Gasteiger partial charge >= 0.3 is 0 Å². The lowest BCUT2D eigenvalue weighted by atomic mass is 10.3. The van der Waals surface area contributed by atoms with E-state index in [9.17, 15) is 0 Å². The molecule has 0 unspecified atom stereocenters. The van der Waals surface area contributed by atoms with Crippen molar-refractivity contribution in [2.24, 2.45) is 0 Å². The maximum absolute atomic E-state index is 5.69. The molecule has 0 bridgehead atoms. The number of hydrogen-bond acceptors (Lipinski definition) is 2. The molecule has 0 saturated heterocycles. The van der Waals surface area contributed by atoms with E-state index in [4.69, 9.17) is 4.74 Å². The zero-order chi connectivity index (χ0) is 11.4. The standard InChI is InChI=1S/C12H13BrN2O/c1-2-15-8-7-14-12(15)9-16-11-6-4-3-5-10(11)13/h3-8H,2,9H2,1H3. The molecule has 0 radical (unpaired) electrons. The lowest BCUT2D eigenvalue weighted by Gasteiger charge is -2.08. The lowest BCUT2D eigenvalue weighted by molar-refractivity contribution is 0.288. The first kappa shape index (κ1) is 11.2. The number of hydrogen-bond donors (Lipinski definition) is 0. The predicted molar refractivity (Wildman–Crippen MR) is 66.4 cm³/mol. The van der Waals surface area contributed by atoms with E-state index in [2.05, 4.69) is 32.4 Å². The zero-order valence-electron chi connectivity index (χ0n) is 9.06. The van der Waals surface area contributed by atoms with Crippen molar-refractivity contribution in [1.82, 2.24) is 9.55 Å². The second-order valence-electron chi connectivity index (χ2n) is 3.35. The van der Waals surface area contributed by atoms with Crippen LogP contribution in [0.3, 0.4) is 0 Å². The molecule has 0 saturated carbocycles. The predicted octanol–water partition coefficient (Wildman–Crippen LogP) is 3.24. The van der Waals surface area contributed by atoms with E-state index in [-0.39, 0.29) is 0 Å². The van der Waals surface area contributed by atoms with Gasteiger partial charge in [-0.25, -0.2) is 4.98 Å². The molecule has 0 aliphatic carbocycles. The van der Waals surface area contributed by atoms with Crippen LogP contribution in [0, 0.1) is 0 Å². The summed E-state index contributed by atoms with van der Waals surface area (Å²) in [6, 6.07) is 7.81. The summed E-state index contributed by atoms with van der Waals surface area (Å²) >= 11 is 3.44. The van der Waals surface area contributed by atoms with Crippen LogP contribution in [0.25, 0.3) is 0 Å². The van der Waals surface area contributed by atoms with Crippen molar-refractivity contribution in [1.29, 1.82) is 0 Å². The highest BCUT2D eigenvalue weighted by Gasteiger charge is 2.04. The van der Waals surface area contributed by atoms with Crippen LogP contribution >= 0.6 is 15.9 Å². The van der Waals surface area contributed by atoms with Gasteiger partial charge < -0.3 is 9.30 Å². The van der Waals surface area contributed by atoms with Gasteiger partial charge in [0.25, 0.3) is 0 Å². The topological polar surface area (TPSA) is 27.1 Å². The van der Waals surface area contributed by atoms with Gasteiger partial charge in [0.2, 0.25) is 0 Å². The summed E-state index contributed by atoms with van der Waals surface area (Å²) in [6.45, 7) is 3.49. The summed E-state index contributed by atoms with van der Waals surface area (Å²) in [5, 5.41) is 0. The Kier molecular flexibility index (Phi) is 3.62. The quantitative estimate of drug-likeness (QED) is 0.860. The highest BCUT2D eigenvalue weighted by molar-refractivity contribution is 9.10. The minimum atomic E-state index is 0.490. The lowest BCUT2D eigenvalue weighted by Crippen LogP contribution is -2.05. The summed E-state index contributed by atoms with van der Waals surface area (Å²) in [5.41, 5.74) is 0. The summed E-state index contributed by atoms with van der Waals surface area (Å²) in [5.74, 6) is 1.78. The maximum atomic E-state index is 5.69. The molecule has 0 aliphatic rings. The van der Waals surface area contributed by atoms with Crippen LogP contribution < -0.4 is 4.74 Å². The number of para-hydroxylation sites is 1. The van der Waals surface area contributed by atoms with Crippen LogP contribution in [0.5, 0.6) is 5.75 Å². The number of imidazole rings is 1. The van der Waals surface area contributed by atoms with Crippen LogP contribution in [0.1, 0.15) is 12.7 Å². The molecule has 0 aliphatic heterocycles. The fourth-order valence-electron chi connectivity index (χ4n) is 1.47. The summed E-state index contributed by atoms with van der Waals surface area (Å²) in [4.78, 5) is 4.25. The zero-order valence-corrected chi connectivity index (χ0v) is 10.6. The number of benzene rings is 1. The molecule has 2 aromatic rings. The fourth-order valence-corrected chi connectivity index (χ4v) is 1.87. The Morgan fingerprint density at radius 1 is 1.38 bits per heavy atom. The number of ether oxygens (including phenoxy) is 1. The molecular weight excluding hydrogens is 268 g/mol. The van der Waals surface area contributed by atoms with Gasteiger partial charge in [-0.2, -0.15) is 0 Å². The second-order valence-corrected chi connectivity index (χ2v) is 4.20. The third kappa shape index (κ3) is 2.44. The molecule has 1 aromatic carbocycles. The van der Waals surface area contributed by atoms with E-state index < -0.39 is 0 Å². The normalized spacial score (nSPS) is 10.4.